The Morgan fingerprint density at radius 2 is 1.35 bits per heavy atom. The molecule has 0 fully saturated rings. The molecule has 2 aliphatic heterocycles. The lowest BCUT2D eigenvalue weighted by atomic mass is 10.1. The van der Waals surface area contributed by atoms with E-state index in [1.54, 1.807) is 25.1 Å². The van der Waals surface area contributed by atoms with Gasteiger partial charge in [0.15, 0.2) is 23.0 Å². The Kier molecular flexibility index (Phi) is 4.37. The van der Waals surface area contributed by atoms with Gasteiger partial charge in [0.2, 0.25) is 10.0 Å². The van der Waals surface area contributed by atoms with Crippen LogP contribution in [0.3, 0.4) is 0 Å². The quantitative estimate of drug-likeness (QED) is 0.880. The molecule has 0 amide bonds. The molecule has 4 rings (SSSR count). The van der Waals surface area contributed by atoms with Gasteiger partial charge in [0.05, 0.1) is 4.90 Å². The molecule has 7 nitrogen and oxygen atoms in total. The van der Waals surface area contributed by atoms with Crippen molar-refractivity contribution in [1.82, 2.24) is 4.72 Å². The molecule has 0 aliphatic carbocycles. The third kappa shape index (κ3) is 3.30. The Balaban J connectivity index is 1.55. The van der Waals surface area contributed by atoms with Gasteiger partial charge in [-0.3, -0.25) is 0 Å². The molecule has 2 heterocycles. The van der Waals surface area contributed by atoms with E-state index in [-0.39, 0.29) is 4.90 Å². The van der Waals surface area contributed by atoms with Crippen molar-refractivity contribution >= 4 is 10.0 Å². The van der Waals surface area contributed by atoms with Gasteiger partial charge >= 0.3 is 0 Å². The van der Waals surface area contributed by atoms with Crippen molar-refractivity contribution in [2.45, 2.75) is 17.9 Å². The van der Waals surface area contributed by atoms with Crippen molar-refractivity contribution < 1.29 is 27.4 Å². The molecule has 1 unspecified atom stereocenters. The largest absolute Gasteiger partial charge is 0.486 e. The molecule has 26 heavy (non-hydrogen) atoms. The maximum absolute atomic E-state index is 12.7. The fourth-order valence-corrected chi connectivity index (χ4v) is 4.14. The predicted molar refractivity (Wildman–Crippen MR) is 93.6 cm³/mol. The summed E-state index contributed by atoms with van der Waals surface area (Å²) in [7, 11) is -3.72. The van der Waals surface area contributed by atoms with E-state index < -0.39 is 16.1 Å². The minimum Gasteiger partial charge on any atom is -0.486 e. The van der Waals surface area contributed by atoms with Crippen molar-refractivity contribution in [3.8, 4) is 23.0 Å². The maximum Gasteiger partial charge on any atom is 0.241 e. The first-order chi connectivity index (χ1) is 12.5. The Bertz CT molecular complexity index is 927. The van der Waals surface area contributed by atoms with Crippen LogP contribution in [0.2, 0.25) is 0 Å². The molecule has 0 radical (unpaired) electrons. The second kappa shape index (κ2) is 6.69. The zero-order chi connectivity index (χ0) is 18.1. The number of ether oxygens (including phenoxy) is 4. The van der Waals surface area contributed by atoms with E-state index >= 15 is 0 Å². The number of hydrogen-bond acceptors (Lipinski definition) is 6. The average Bonchev–Trinajstić information content (AvgIpc) is 2.67. The molecule has 2 aromatic carbocycles. The van der Waals surface area contributed by atoms with Crippen LogP contribution >= 0.6 is 0 Å². The molecule has 138 valence electrons. The fourth-order valence-electron chi connectivity index (χ4n) is 2.89. The standard InChI is InChI=1S/C18H19NO6S/c1-12(13-2-4-15-17(10-13)24-8-6-22-15)19-26(20,21)14-3-5-16-18(11-14)25-9-7-23-16/h2-5,10-12,19H,6-9H2,1H3. The van der Waals surface area contributed by atoms with Gasteiger partial charge in [0.1, 0.15) is 26.4 Å². The van der Waals surface area contributed by atoms with Crippen molar-refractivity contribution in [2.24, 2.45) is 0 Å². The Morgan fingerprint density at radius 3 is 2.00 bits per heavy atom. The smallest absolute Gasteiger partial charge is 0.241 e. The van der Waals surface area contributed by atoms with E-state index in [1.807, 2.05) is 6.07 Å². The molecular weight excluding hydrogens is 358 g/mol. The van der Waals surface area contributed by atoms with Crippen LogP contribution in [0.4, 0.5) is 0 Å². The predicted octanol–water partition coefficient (Wildman–Crippen LogP) is 2.27. The van der Waals surface area contributed by atoms with E-state index in [1.165, 1.54) is 12.1 Å². The monoisotopic (exact) mass is 377 g/mol. The Hall–Kier alpha value is -2.45. The first kappa shape index (κ1) is 17.0. The van der Waals surface area contributed by atoms with Crippen LogP contribution in [0.15, 0.2) is 41.3 Å². The number of sulfonamides is 1. The van der Waals surface area contributed by atoms with E-state index in [2.05, 4.69) is 4.72 Å². The maximum atomic E-state index is 12.7. The van der Waals surface area contributed by atoms with E-state index in [0.717, 1.165) is 5.56 Å². The van der Waals surface area contributed by atoms with Crippen molar-refractivity contribution in [3.05, 3.63) is 42.0 Å². The van der Waals surface area contributed by atoms with Crippen molar-refractivity contribution in [1.29, 1.82) is 0 Å². The summed E-state index contributed by atoms with van der Waals surface area (Å²) in [5.74, 6) is 2.28. The minimum atomic E-state index is -3.72. The van der Waals surface area contributed by atoms with Gasteiger partial charge in [0.25, 0.3) is 0 Å². The summed E-state index contributed by atoms with van der Waals surface area (Å²) in [5.41, 5.74) is 0.787. The van der Waals surface area contributed by atoms with Gasteiger partial charge in [-0.25, -0.2) is 13.1 Å². The molecule has 0 bridgehead atoms. The molecule has 0 saturated heterocycles. The lowest BCUT2D eigenvalue weighted by Crippen LogP contribution is -2.27. The van der Waals surface area contributed by atoms with Crippen LogP contribution in [0.1, 0.15) is 18.5 Å². The number of benzene rings is 2. The first-order valence-electron chi connectivity index (χ1n) is 8.34. The third-order valence-corrected chi connectivity index (χ3v) is 5.76. The van der Waals surface area contributed by atoms with Gasteiger partial charge in [-0.15, -0.1) is 0 Å². The highest BCUT2D eigenvalue weighted by Crippen LogP contribution is 2.34. The zero-order valence-electron chi connectivity index (χ0n) is 14.2. The van der Waals surface area contributed by atoms with Crippen LogP contribution in [0.25, 0.3) is 0 Å². The molecule has 8 heteroatoms. The number of fused-ring (bicyclic) bond motifs is 2. The summed E-state index contributed by atoms with van der Waals surface area (Å²) < 4.78 is 50.1. The highest BCUT2D eigenvalue weighted by atomic mass is 32.2. The molecule has 2 aliphatic rings. The fraction of sp³-hybridized carbons (Fsp3) is 0.333. The third-order valence-electron chi connectivity index (χ3n) is 4.22. The van der Waals surface area contributed by atoms with Crippen LogP contribution in [-0.4, -0.2) is 34.8 Å². The molecule has 2 aromatic rings. The minimum absolute atomic E-state index is 0.131. The molecule has 1 atom stereocenters. The van der Waals surface area contributed by atoms with Crippen LogP contribution in [-0.2, 0) is 10.0 Å². The summed E-state index contributed by atoms with van der Waals surface area (Å²) in [6, 6.07) is 9.57. The Labute approximate surface area is 151 Å². The number of nitrogens with one attached hydrogen (secondary N) is 1. The molecule has 0 aromatic heterocycles. The second-order valence-electron chi connectivity index (χ2n) is 6.05. The first-order valence-corrected chi connectivity index (χ1v) is 9.83. The SMILES string of the molecule is CC(NS(=O)(=O)c1ccc2c(c1)OCCO2)c1ccc2c(c1)OCCO2. The van der Waals surface area contributed by atoms with Crippen LogP contribution < -0.4 is 23.7 Å². The highest BCUT2D eigenvalue weighted by Gasteiger charge is 2.23. The summed E-state index contributed by atoms with van der Waals surface area (Å²) >= 11 is 0. The topological polar surface area (TPSA) is 83.1 Å². The molecule has 1 N–H and O–H groups in total. The van der Waals surface area contributed by atoms with Gasteiger partial charge < -0.3 is 18.9 Å². The number of hydrogen-bond donors (Lipinski definition) is 1. The number of rotatable bonds is 4. The highest BCUT2D eigenvalue weighted by molar-refractivity contribution is 7.89. The van der Waals surface area contributed by atoms with E-state index in [4.69, 9.17) is 18.9 Å². The summed E-state index contributed by atoms with van der Waals surface area (Å²) in [6.07, 6.45) is 0. The lowest BCUT2D eigenvalue weighted by molar-refractivity contribution is 0.171. The molecule has 0 spiro atoms. The molecule has 0 saturated carbocycles. The normalized spacial score (nSPS) is 16.8. The second-order valence-corrected chi connectivity index (χ2v) is 7.77. The summed E-state index contributed by atoms with van der Waals surface area (Å²) in [5, 5.41) is 0. The van der Waals surface area contributed by atoms with Crippen molar-refractivity contribution in [2.75, 3.05) is 26.4 Å². The van der Waals surface area contributed by atoms with Gasteiger partial charge in [-0.1, -0.05) is 6.07 Å². The van der Waals surface area contributed by atoms with E-state index in [9.17, 15) is 8.42 Å². The lowest BCUT2D eigenvalue weighted by Gasteiger charge is -2.22. The van der Waals surface area contributed by atoms with Gasteiger partial charge in [-0.05, 0) is 36.8 Å². The Morgan fingerprint density at radius 1 is 0.808 bits per heavy atom. The molecular formula is C18H19NO6S. The summed E-state index contributed by atoms with van der Waals surface area (Å²) in [4.78, 5) is 0.131. The average molecular weight is 377 g/mol. The zero-order valence-corrected chi connectivity index (χ0v) is 15.0. The van der Waals surface area contributed by atoms with E-state index in [0.29, 0.717) is 49.4 Å². The van der Waals surface area contributed by atoms with Gasteiger partial charge in [0, 0.05) is 12.1 Å². The van der Waals surface area contributed by atoms with Crippen molar-refractivity contribution in [3.63, 3.8) is 0 Å². The summed E-state index contributed by atoms with van der Waals surface area (Å²) in [6.45, 7) is 3.63. The van der Waals surface area contributed by atoms with Gasteiger partial charge in [-0.2, -0.15) is 0 Å². The van der Waals surface area contributed by atoms with Crippen LogP contribution in [0.5, 0.6) is 23.0 Å². The van der Waals surface area contributed by atoms with Crippen LogP contribution in [0, 0.1) is 0 Å².